The van der Waals surface area contributed by atoms with Gasteiger partial charge in [0.2, 0.25) is 0 Å². The molecule has 0 spiro atoms. The molecule has 1 atom stereocenters. The third kappa shape index (κ3) is 4.87. The highest BCUT2D eigenvalue weighted by molar-refractivity contribution is 5.73. The molecule has 0 radical (unpaired) electrons. The summed E-state index contributed by atoms with van der Waals surface area (Å²) >= 11 is 0. The van der Waals surface area contributed by atoms with E-state index >= 15 is 0 Å². The van der Waals surface area contributed by atoms with Crippen LogP contribution in [0.2, 0.25) is 0 Å². The summed E-state index contributed by atoms with van der Waals surface area (Å²) < 4.78 is 0. The van der Waals surface area contributed by atoms with Gasteiger partial charge in [-0.1, -0.05) is 25.7 Å². The Bertz CT molecular complexity index is 316. The second kappa shape index (κ2) is 8.02. The summed E-state index contributed by atoms with van der Waals surface area (Å²) in [5.41, 5.74) is 0. The zero-order chi connectivity index (χ0) is 15.2. The Labute approximate surface area is 130 Å². The largest absolute Gasteiger partial charge is 0.331 e. The Morgan fingerprint density at radius 1 is 1.05 bits per heavy atom. The summed E-state index contributed by atoms with van der Waals surface area (Å²) in [7, 11) is 3.67. The molecule has 1 saturated carbocycles. The van der Waals surface area contributed by atoms with Crippen molar-refractivity contribution in [2.45, 2.75) is 70.4 Å². The normalized spacial score (nSPS) is 23.7. The van der Waals surface area contributed by atoms with Crippen molar-refractivity contribution in [1.29, 1.82) is 0 Å². The van der Waals surface area contributed by atoms with Crippen LogP contribution in [0.15, 0.2) is 0 Å². The summed E-state index contributed by atoms with van der Waals surface area (Å²) in [5, 5.41) is 3.85. The summed E-state index contributed by atoms with van der Waals surface area (Å²) in [6.45, 7) is 4.16. The van der Waals surface area contributed by atoms with E-state index in [1.54, 1.807) is 4.90 Å². The number of nitrogens with zero attached hydrogens (tertiary/aromatic N) is 2. The third-order valence-corrected chi connectivity index (χ3v) is 5.25. The van der Waals surface area contributed by atoms with Crippen molar-refractivity contribution >= 4 is 6.03 Å². The molecule has 4 heteroatoms. The van der Waals surface area contributed by atoms with Crippen LogP contribution in [0.4, 0.5) is 4.79 Å². The van der Waals surface area contributed by atoms with Crippen LogP contribution in [0.1, 0.15) is 58.3 Å². The van der Waals surface area contributed by atoms with E-state index in [2.05, 4.69) is 12.2 Å². The minimum atomic E-state index is 0.158. The van der Waals surface area contributed by atoms with E-state index in [4.69, 9.17) is 0 Å². The van der Waals surface area contributed by atoms with Gasteiger partial charge in [-0.2, -0.15) is 0 Å². The highest BCUT2D eigenvalue weighted by Gasteiger charge is 2.26. The number of urea groups is 1. The van der Waals surface area contributed by atoms with Crippen molar-refractivity contribution in [3.63, 3.8) is 0 Å². The number of carbonyl (C=O) groups is 1. The first kappa shape index (κ1) is 16.6. The van der Waals surface area contributed by atoms with Gasteiger partial charge in [-0.25, -0.2) is 4.79 Å². The molecule has 1 heterocycles. The van der Waals surface area contributed by atoms with E-state index in [1.165, 1.54) is 38.5 Å². The quantitative estimate of drug-likeness (QED) is 0.812. The van der Waals surface area contributed by atoms with Gasteiger partial charge in [-0.3, -0.25) is 0 Å². The fourth-order valence-electron chi connectivity index (χ4n) is 3.84. The van der Waals surface area contributed by atoms with Crippen molar-refractivity contribution in [3.05, 3.63) is 0 Å². The monoisotopic (exact) mass is 295 g/mol. The first-order valence-electron chi connectivity index (χ1n) is 8.80. The predicted octanol–water partition coefficient (Wildman–Crippen LogP) is 3.08. The molecule has 0 aromatic heterocycles. The SMILES string of the molecule is C[C@H](NC1CCN(C(=O)N(C)C)CC1)C1CCCCCC1. The second-order valence-corrected chi connectivity index (χ2v) is 7.15. The summed E-state index contributed by atoms with van der Waals surface area (Å²) in [6.07, 6.45) is 10.6. The topological polar surface area (TPSA) is 35.6 Å². The van der Waals surface area contributed by atoms with Gasteiger partial charge in [0.25, 0.3) is 0 Å². The molecule has 1 aliphatic carbocycles. The maximum Gasteiger partial charge on any atom is 0.319 e. The lowest BCUT2D eigenvalue weighted by molar-refractivity contribution is 0.148. The molecule has 1 saturated heterocycles. The molecule has 0 bridgehead atoms. The second-order valence-electron chi connectivity index (χ2n) is 7.15. The van der Waals surface area contributed by atoms with Gasteiger partial charge in [-0.05, 0) is 38.5 Å². The van der Waals surface area contributed by atoms with Crippen molar-refractivity contribution in [1.82, 2.24) is 15.1 Å². The van der Waals surface area contributed by atoms with Crippen LogP contribution in [0.25, 0.3) is 0 Å². The number of rotatable bonds is 3. The van der Waals surface area contributed by atoms with Crippen LogP contribution in [0.3, 0.4) is 0 Å². The van der Waals surface area contributed by atoms with Crippen LogP contribution in [-0.4, -0.2) is 55.1 Å². The first-order chi connectivity index (χ1) is 10.1. The molecule has 2 aliphatic rings. The Morgan fingerprint density at radius 3 is 2.14 bits per heavy atom. The highest BCUT2D eigenvalue weighted by atomic mass is 16.2. The van der Waals surface area contributed by atoms with Gasteiger partial charge < -0.3 is 15.1 Å². The molecule has 4 nitrogen and oxygen atoms in total. The Balaban J connectivity index is 1.73. The Hall–Kier alpha value is -0.770. The minimum Gasteiger partial charge on any atom is -0.331 e. The van der Waals surface area contributed by atoms with Crippen LogP contribution in [0.5, 0.6) is 0 Å². The van der Waals surface area contributed by atoms with E-state index in [0.717, 1.165) is 31.8 Å². The molecule has 2 rings (SSSR count). The van der Waals surface area contributed by atoms with Gasteiger partial charge in [0.15, 0.2) is 0 Å². The lowest BCUT2D eigenvalue weighted by atomic mass is 9.91. The van der Waals surface area contributed by atoms with Crippen LogP contribution in [-0.2, 0) is 0 Å². The molecule has 2 amide bonds. The van der Waals surface area contributed by atoms with Gasteiger partial charge >= 0.3 is 6.03 Å². The fourth-order valence-corrected chi connectivity index (χ4v) is 3.84. The smallest absolute Gasteiger partial charge is 0.319 e. The Kier molecular flexibility index (Phi) is 6.34. The predicted molar refractivity (Wildman–Crippen MR) is 87.5 cm³/mol. The molecular formula is C17H33N3O. The van der Waals surface area contributed by atoms with Crippen LogP contribution in [0, 0.1) is 5.92 Å². The number of nitrogens with one attached hydrogen (secondary N) is 1. The number of hydrogen-bond acceptors (Lipinski definition) is 2. The van der Waals surface area contributed by atoms with E-state index in [-0.39, 0.29) is 6.03 Å². The summed E-state index contributed by atoms with van der Waals surface area (Å²) in [4.78, 5) is 15.6. The van der Waals surface area contributed by atoms with E-state index in [1.807, 2.05) is 19.0 Å². The zero-order valence-corrected chi connectivity index (χ0v) is 14.1. The summed E-state index contributed by atoms with van der Waals surface area (Å²) in [6, 6.07) is 1.38. The maximum absolute atomic E-state index is 11.9. The van der Waals surface area contributed by atoms with Crippen molar-refractivity contribution < 1.29 is 4.79 Å². The third-order valence-electron chi connectivity index (χ3n) is 5.25. The number of amides is 2. The van der Waals surface area contributed by atoms with E-state index in [9.17, 15) is 4.79 Å². The van der Waals surface area contributed by atoms with Gasteiger partial charge in [-0.15, -0.1) is 0 Å². The molecule has 21 heavy (non-hydrogen) atoms. The first-order valence-corrected chi connectivity index (χ1v) is 8.80. The molecule has 122 valence electrons. The van der Waals surface area contributed by atoms with Crippen molar-refractivity contribution in [2.75, 3.05) is 27.2 Å². The van der Waals surface area contributed by atoms with Gasteiger partial charge in [0.1, 0.15) is 0 Å². The summed E-state index contributed by atoms with van der Waals surface area (Å²) in [5.74, 6) is 0.855. The fraction of sp³-hybridized carbons (Fsp3) is 0.941. The lowest BCUT2D eigenvalue weighted by Crippen LogP contribution is -2.50. The van der Waals surface area contributed by atoms with Crippen LogP contribution < -0.4 is 5.32 Å². The molecule has 0 aromatic rings. The maximum atomic E-state index is 11.9. The van der Waals surface area contributed by atoms with E-state index < -0.39 is 0 Å². The standard InChI is InChI=1S/C17H33N3O/c1-14(15-8-6-4-5-7-9-15)18-16-10-12-20(13-11-16)17(21)19(2)3/h14-16,18H,4-13H2,1-3H3/t14-/m0/s1. The molecule has 2 fully saturated rings. The van der Waals surface area contributed by atoms with Crippen molar-refractivity contribution in [3.8, 4) is 0 Å². The highest BCUT2D eigenvalue weighted by Crippen LogP contribution is 2.26. The molecule has 1 N–H and O–H groups in total. The molecule has 1 aliphatic heterocycles. The van der Waals surface area contributed by atoms with Gasteiger partial charge in [0.05, 0.1) is 0 Å². The number of likely N-dealkylation sites (tertiary alicyclic amines) is 1. The molecule has 0 aromatic carbocycles. The lowest BCUT2D eigenvalue weighted by Gasteiger charge is -2.36. The molecule has 0 unspecified atom stereocenters. The average molecular weight is 295 g/mol. The van der Waals surface area contributed by atoms with Crippen LogP contribution >= 0.6 is 0 Å². The van der Waals surface area contributed by atoms with Crippen molar-refractivity contribution in [2.24, 2.45) is 5.92 Å². The number of piperidine rings is 1. The van der Waals surface area contributed by atoms with E-state index in [0.29, 0.717) is 12.1 Å². The number of hydrogen-bond donors (Lipinski definition) is 1. The zero-order valence-electron chi connectivity index (χ0n) is 14.1. The Morgan fingerprint density at radius 2 is 1.62 bits per heavy atom. The average Bonchev–Trinajstić information content (AvgIpc) is 2.76. The van der Waals surface area contributed by atoms with Gasteiger partial charge in [0, 0.05) is 39.3 Å². The minimum absolute atomic E-state index is 0.158. The number of carbonyl (C=O) groups excluding carboxylic acids is 1. The molecular weight excluding hydrogens is 262 g/mol.